The third-order valence-electron chi connectivity index (χ3n) is 4.15. The van der Waals surface area contributed by atoms with Crippen molar-refractivity contribution in [2.75, 3.05) is 20.8 Å². The average Bonchev–Trinajstić information content (AvgIpc) is 2.93. The number of benzene rings is 1. The average molecular weight is 357 g/mol. The first-order valence-electron chi connectivity index (χ1n) is 8.12. The van der Waals surface area contributed by atoms with Crippen molar-refractivity contribution in [1.82, 2.24) is 4.57 Å². The summed E-state index contributed by atoms with van der Waals surface area (Å²) in [5.41, 5.74) is 2.51. The maximum atomic E-state index is 12.5. The van der Waals surface area contributed by atoms with Crippen molar-refractivity contribution in [1.29, 1.82) is 0 Å². The van der Waals surface area contributed by atoms with E-state index in [1.54, 1.807) is 24.3 Å². The summed E-state index contributed by atoms with van der Waals surface area (Å²) in [5, 5.41) is 0. The minimum atomic E-state index is -0.644. The van der Waals surface area contributed by atoms with E-state index in [1.165, 1.54) is 20.3 Å². The number of aromatic nitrogens is 1. The number of ether oxygens (including phenoxy) is 3. The van der Waals surface area contributed by atoms with E-state index >= 15 is 0 Å². The lowest BCUT2D eigenvalue weighted by Crippen LogP contribution is -2.15. The highest BCUT2D eigenvalue weighted by Crippen LogP contribution is 2.25. The summed E-state index contributed by atoms with van der Waals surface area (Å²) in [6.07, 6.45) is 1.77. The van der Waals surface area contributed by atoms with Crippen molar-refractivity contribution in [3.63, 3.8) is 0 Å². The summed E-state index contributed by atoms with van der Waals surface area (Å²) in [6, 6.07) is 6.60. The molecule has 6 nitrogen and oxygen atoms in total. The number of esters is 1. The number of hydrogen-bond acceptors (Lipinski definition) is 5. The van der Waals surface area contributed by atoms with E-state index in [0.717, 1.165) is 11.4 Å². The van der Waals surface area contributed by atoms with Gasteiger partial charge in [-0.25, -0.2) is 4.79 Å². The Morgan fingerprint density at radius 1 is 1.12 bits per heavy atom. The number of carbonyl (C=O) groups is 2. The van der Waals surface area contributed by atoms with E-state index in [4.69, 9.17) is 14.2 Å². The van der Waals surface area contributed by atoms with Gasteiger partial charge in [-0.3, -0.25) is 4.79 Å². The van der Waals surface area contributed by atoms with Crippen LogP contribution < -0.4 is 9.47 Å². The summed E-state index contributed by atoms with van der Waals surface area (Å²) in [7, 11) is 2.96. The smallest absolute Gasteiger partial charge is 0.342 e. The van der Waals surface area contributed by atoms with Crippen molar-refractivity contribution in [2.45, 2.75) is 20.4 Å². The van der Waals surface area contributed by atoms with Crippen LogP contribution in [0.25, 0.3) is 0 Å². The van der Waals surface area contributed by atoms with Gasteiger partial charge in [0.05, 0.1) is 14.2 Å². The van der Waals surface area contributed by atoms with E-state index in [-0.39, 0.29) is 18.0 Å². The fourth-order valence-corrected chi connectivity index (χ4v) is 2.75. The van der Waals surface area contributed by atoms with Crippen LogP contribution in [0.4, 0.5) is 0 Å². The summed E-state index contributed by atoms with van der Waals surface area (Å²) < 4.78 is 17.5. The molecule has 0 spiro atoms. The largest absolute Gasteiger partial charge is 0.497 e. The summed E-state index contributed by atoms with van der Waals surface area (Å²) in [6.45, 7) is 7.76. The van der Waals surface area contributed by atoms with Gasteiger partial charge in [0.2, 0.25) is 5.78 Å². The highest BCUT2D eigenvalue weighted by Gasteiger charge is 2.20. The number of hydrogen-bond donors (Lipinski definition) is 0. The van der Waals surface area contributed by atoms with Crippen molar-refractivity contribution in [2.24, 2.45) is 0 Å². The third kappa shape index (κ3) is 3.96. The Hall–Kier alpha value is -3.02. The van der Waals surface area contributed by atoms with Crippen LogP contribution in [0.15, 0.2) is 36.9 Å². The quantitative estimate of drug-likeness (QED) is 0.412. The minimum absolute atomic E-state index is 0.205. The molecular weight excluding hydrogens is 334 g/mol. The predicted molar refractivity (Wildman–Crippen MR) is 98.3 cm³/mol. The maximum absolute atomic E-state index is 12.5. The number of aryl methyl sites for hydroxylation is 1. The molecule has 1 aromatic carbocycles. The molecule has 0 amide bonds. The molecule has 1 heterocycles. The fourth-order valence-electron chi connectivity index (χ4n) is 2.75. The molecule has 0 N–H and O–H groups in total. The first-order valence-corrected chi connectivity index (χ1v) is 8.12. The van der Waals surface area contributed by atoms with Crippen molar-refractivity contribution < 1.29 is 23.8 Å². The molecule has 2 rings (SSSR count). The zero-order valence-electron chi connectivity index (χ0n) is 15.5. The van der Waals surface area contributed by atoms with E-state index in [2.05, 4.69) is 6.58 Å². The number of nitrogens with zero attached hydrogens (tertiary/aromatic N) is 1. The molecule has 0 aliphatic rings. The summed E-state index contributed by atoms with van der Waals surface area (Å²) >= 11 is 0. The number of carbonyl (C=O) groups excluding carboxylic acids is 2. The van der Waals surface area contributed by atoms with E-state index in [9.17, 15) is 9.59 Å². The normalized spacial score (nSPS) is 10.3. The van der Waals surface area contributed by atoms with E-state index in [0.29, 0.717) is 23.6 Å². The first-order chi connectivity index (χ1) is 12.4. The number of ketones is 1. The second kappa shape index (κ2) is 8.38. The summed E-state index contributed by atoms with van der Waals surface area (Å²) in [5.74, 6) is -0.0536. The Morgan fingerprint density at radius 2 is 1.85 bits per heavy atom. The van der Waals surface area contributed by atoms with Crippen LogP contribution in [0.5, 0.6) is 11.5 Å². The maximum Gasteiger partial charge on any atom is 0.342 e. The minimum Gasteiger partial charge on any atom is -0.497 e. The molecule has 0 radical (unpaired) electrons. The molecule has 0 fully saturated rings. The zero-order valence-corrected chi connectivity index (χ0v) is 15.5. The number of Topliss-reactive ketones (excluding diaryl/α,β-unsaturated/α-hetero) is 1. The lowest BCUT2D eigenvalue weighted by Gasteiger charge is -2.10. The molecule has 0 saturated carbocycles. The molecule has 6 heteroatoms. The van der Waals surface area contributed by atoms with Gasteiger partial charge in [-0.05, 0) is 38.1 Å². The standard InChI is InChI=1S/C20H23NO5/c1-6-9-21-13(2)10-16(14(21)3)18(22)12-26-20(23)17-11-15(24-4)7-8-19(17)25-5/h6-8,10-11H,1,9,12H2,2-5H3. The van der Waals surface area contributed by atoms with Gasteiger partial charge >= 0.3 is 5.97 Å². The van der Waals surface area contributed by atoms with Gasteiger partial charge in [0.15, 0.2) is 6.61 Å². The van der Waals surface area contributed by atoms with Gasteiger partial charge in [-0.15, -0.1) is 6.58 Å². The van der Waals surface area contributed by atoms with Crippen LogP contribution in [0.3, 0.4) is 0 Å². The number of rotatable bonds is 8. The molecule has 0 unspecified atom stereocenters. The predicted octanol–water partition coefficient (Wildman–Crippen LogP) is 3.35. The van der Waals surface area contributed by atoms with Gasteiger partial charge in [0.1, 0.15) is 17.1 Å². The Labute approximate surface area is 153 Å². The molecule has 26 heavy (non-hydrogen) atoms. The van der Waals surface area contributed by atoms with Crippen LogP contribution in [-0.4, -0.2) is 37.1 Å². The molecule has 138 valence electrons. The number of methoxy groups -OCH3 is 2. The first kappa shape index (κ1) is 19.3. The lowest BCUT2D eigenvalue weighted by atomic mass is 10.1. The van der Waals surface area contributed by atoms with Crippen LogP contribution >= 0.6 is 0 Å². The van der Waals surface area contributed by atoms with Gasteiger partial charge in [0, 0.05) is 23.5 Å². The highest BCUT2D eigenvalue weighted by atomic mass is 16.5. The lowest BCUT2D eigenvalue weighted by molar-refractivity contribution is 0.0471. The van der Waals surface area contributed by atoms with Gasteiger partial charge in [-0.2, -0.15) is 0 Å². The van der Waals surface area contributed by atoms with Gasteiger partial charge < -0.3 is 18.8 Å². The second-order valence-corrected chi connectivity index (χ2v) is 5.75. The monoisotopic (exact) mass is 357 g/mol. The van der Waals surface area contributed by atoms with Crippen molar-refractivity contribution in [3.05, 3.63) is 59.4 Å². The summed E-state index contributed by atoms with van der Waals surface area (Å²) in [4.78, 5) is 24.8. The van der Waals surface area contributed by atoms with E-state index in [1.807, 2.05) is 18.4 Å². The van der Waals surface area contributed by atoms with Gasteiger partial charge in [0.25, 0.3) is 0 Å². The molecule has 2 aromatic rings. The third-order valence-corrected chi connectivity index (χ3v) is 4.15. The second-order valence-electron chi connectivity index (χ2n) is 5.75. The Bertz CT molecular complexity index is 835. The molecule has 0 atom stereocenters. The molecule has 0 aliphatic carbocycles. The molecule has 0 saturated heterocycles. The van der Waals surface area contributed by atoms with Crippen LogP contribution in [0, 0.1) is 13.8 Å². The van der Waals surface area contributed by atoms with Crippen LogP contribution in [0.2, 0.25) is 0 Å². The van der Waals surface area contributed by atoms with E-state index < -0.39 is 5.97 Å². The van der Waals surface area contributed by atoms with Crippen LogP contribution in [-0.2, 0) is 11.3 Å². The topological polar surface area (TPSA) is 66.8 Å². The van der Waals surface area contributed by atoms with Crippen molar-refractivity contribution in [3.8, 4) is 11.5 Å². The molecular formula is C20H23NO5. The molecule has 0 aliphatic heterocycles. The Morgan fingerprint density at radius 3 is 2.46 bits per heavy atom. The van der Waals surface area contributed by atoms with Crippen LogP contribution in [0.1, 0.15) is 32.1 Å². The molecule has 1 aromatic heterocycles. The number of allylic oxidation sites excluding steroid dienone is 1. The fraction of sp³-hybridized carbons (Fsp3) is 0.300. The van der Waals surface area contributed by atoms with Gasteiger partial charge in [-0.1, -0.05) is 6.08 Å². The SMILES string of the molecule is C=CCn1c(C)cc(C(=O)COC(=O)c2cc(OC)ccc2OC)c1C. The molecule has 0 bridgehead atoms. The van der Waals surface area contributed by atoms with Crippen molar-refractivity contribution >= 4 is 11.8 Å². The zero-order chi connectivity index (χ0) is 19.3. The highest BCUT2D eigenvalue weighted by molar-refractivity contribution is 6.01. The Kier molecular flexibility index (Phi) is 6.22. The Balaban J connectivity index is 2.14.